The Bertz CT molecular complexity index is 1090. The molecule has 0 aliphatic rings. The highest BCUT2D eigenvalue weighted by Gasteiger charge is 2.15. The minimum atomic E-state index is -3.81. The summed E-state index contributed by atoms with van der Waals surface area (Å²) >= 11 is 0. The van der Waals surface area contributed by atoms with Gasteiger partial charge in [0.05, 0.1) is 4.90 Å². The van der Waals surface area contributed by atoms with Gasteiger partial charge in [-0.2, -0.15) is 0 Å². The standard InChI is InChI=1S/C21H17NO4S/c23-20-12-5-4-7-16(20)13-14-21(24)17-8-6-11-19(15-17)27(25,26)22-18-9-2-1-3-10-18/h1-15,22-23H/b14-13+. The van der Waals surface area contributed by atoms with Gasteiger partial charge in [0.25, 0.3) is 10.0 Å². The van der Waals surface area contributed by atoms with Crippen LogP contribution in [0.4, 0.5) is 5.69 Å². The van der Waals surface area contributed by atoms with Crippen molar-refractivity contribution in [3.8, 4) is 5.75 Å². The number of ketones is 1. The molecular formula is C21H17NO4S. The van der Waals surface area contributed by atoms with E-state index in [9.17, 15) is 18.3 Å². The summed E-state index contributed by atoms with van der Waals surface area (Å²) in [6.07, 6.45) is 2.78. The molecule has 5 nitrogen and oxygen atoms in total. The molecule has 2 N–H and O–H groups in total. The van der Waals surface area contributed by atoms with Gasteiger partial charge in [0, 0.05) is 16.8 Å². The first kappa shape index (κ1) is 18.4. The molecule has 0 saturated heterocycles. The summed E-state index contributed by atoms with van der Waals surface area (Å²) in [4.78, 5) is 12.4. The summed E-state index contributed by atoms with van der Waals surface area (Å²) < 4.78 is 27.5. The van der Waals surface area contributed by atoms with Gasteiger partial charge in [-0.1, -0.05) is 48.5 Å². The minimum Gasteiger partial charge on any atom is -0.507 e. The van der Waals surface area contributed by atoms with E-state index in [0.29, 0.717) is 11.3 Å². The molecule has 0 fully saturated rings. The fourth-order valence-electron chi connectivity index (χ4n) is 2.43. The van der Waals surface area contributed by atoms with Crippen LogP contribution in [-0.2, 0) is 10.0 Å². The van der Waals surface area contributed by atoms with Gasteiger partial charge in [-0.3, -0.25) is 9.52 Å². The van der Waals surface area contributed by atoms with Crippen LogP contribution in [0.5, 0.6) is 5.75 Å². The molecule has 0 saturated carbocycles. The Morgan fingerprint density at radius 2 is 1.59 bits per heavy atom. The van der Waals surface area contributed by atoms with Gasteiger partial charge in [0.1, 0.15) is 5.75 Å². The van der Waals surface area contributed by atoms with Crippen molar-refractivity contribution in [2.75, 3.05) is 4.72 Å². The number of anilines is 1. The fourth-order valence-corrected chi connectivity index (χ4v) is 3.53. The largest absolute Gasteiger partial charge is 0.507 e. The second-order valence-electron chi connectivity index (χ2n) is 5.76. The Hall–Kier alpha value is -3.38. The number of carbonyl (C=O) groups is 1. The molecule has 6 heteroatoms. The van der Waals surface area contributed by atoms with Crippen molar-refractivity contribution in [3.05, 3.63) is 96.1 Å². The van der Waals surface area contributed by atoms with Gasteiger partial charge < -0.3 is 5.11 Å². The third-order valence-electron chi connectivity index (χ3n) is 3.81. The van der Waals surface area contributed by atoms with Crippen LogP contribution in [0.15, 0.2) is 89.8 Å². The summed E-state index contributed by atoms with van der Waals surface area (Å²) in [5, 5.41) is 9.73. The van der Waals surface area contributed by atoms with Crippen molar-refractivity contribution in [1.82, 2.24) is 0 Å². The van der Waals surface area contributed by atoms with Gasteiger partial charge in [-0.25, -0.2) is 8.42 Å². The number of phenolic OH excluding ortho intramolecular Hbond substituents is 1. The van der Waals surface area contributed by atoms with Gasteiger partial charge in [-0.05, 0) is 42.5 Å². The second kappa shape index (κ2) is 7.88. The zero-order valence-corrected chi connectivity index (χ0v) is 15.1. The molecular weight excluding hydrogens is 362 g/mol. The topological polar surface area (TPSA) is 83.5 Å². The fraction of sp³-hybridized carbons (Fsp3) is 0. The molecule has 27 heavy (non-hydrogen) atoms. The molecule has 0 aromatic heterocycles. The Kier molecular flexibility index (Phi) is 5.38. The van der Waals surface area contributed by atoms with Crippen molar-refractivity contribution in [3.63, 3.8) is 0 Å². The summed E-state index contributed by atoms with van der Waals surface area (Å²) in [5.74, 6) is -0.306. The minimum absolute atomic E-state index is 0.00633. The number of phenols is 1. The lowest BCUT2D eigenvalue weighted by Crippen LogP contribution is -2.13. The molecule has 0 atom stereocenters. The number of para-hydroxylation sites is 2. The van der Waals surface area contributed by atoms with Gasteiger partial charge in [0.15, 0.2) is 5.78 Å². The van der Waals surface area contributed by atoms with Crippen molar-refractivity contribution < 1.29 is 18.3 Å². The van der Waals surface area contributed by atoms with E-state index in [0.717, 1.165) is 0 Å². The number of allylic oxidation sites excluding steroid dienone is 1. The first-order valence-electron chi connectivity index (χ1n) is 8.14. The number of nitrogens with one attached hydrogen (secondary N) is 1. The summed E-state index contributed by atoms with van der Waals surface area (Å²) in [7, 11) is -3.81. The van der Waals surface area contributed by atoms with Crippen LogP contribution in [0.25, 0.3) is 6.08 Å². The van der Waals surface area contributed by atoms with Crippen LogP contribution in [0.2, 0.25) is 0 Å². The summed E-state index contributed by atoms with van der Waals surface area (Å²) in [5.41, 5.74) is 1.17. The summed E-state index contributed by atoms with van der Waals surface area (Å²) in [6, 6.07) is 20.9. The Morgan fingerprint density at radius 3 is 2.33 bits per heavy atom. The highest BCUT2D eigenvalue weighted by molar-refractivity contribution is 7.92. The van der Waals surface area contributed by atoms with Gasteiger partial charge in [-0.15, -0.1) is 0 Å². The molecule has 0 amide bonds. The van der Waals surface area contributed by atoms with Crippen LogP contribution < -0.4 is 4.72 Å². The van der Waals surface area contributed by atoms with E-state index in [-0.39, 0.29) is 22.0 Å². The van der Waals surface area contributed by atoms with E-state index in [4.69, 9.17) is 0 Å². The van der Waals surface area contributed by atoms with Crippen molar-refractivity contribution >= 4 is 27.6 Å². The van der Waals surface area contributed by atoms with Crippen LogP contribution in [-0.4, -0.2) is 19.3 Å². The van der Waals surface area contributed by atoms with E-state index < -0.39 is 10.0 Å². The predicted molar refractivity (Wildman–Crippen MR) is 105 cm³/mol. The molecule has 3 rings (SSSR count). The SMILES string of the molecule is O=C(/C=C/c1ccccc1O)c1cccc(S(=O)(=O)Nc2ccccc2)c1. The number of aromatic hydroxyl groups is 1. The maximum Gasteiger partial charge on any atom is 0.261 e. The molecule has 0 spiro atoms. The maximum absolute atomic E-state index is 12.5. The number of rotatable bonds is 6. The lowest BCUT2D eigenvalue weighted by molar-refractivity contribution is 0.104. The number of hydrogen-bond donors (Lipinski definition) is 2. The van der Waals surface area contributed by atoms with Crippen LogP contribution in [0, 0.1) is 0 Å². The average molecular weight is 379 g/mol. The average Bonchev–Trinajstić information content (AvgIpc) is 2.68. The van der Waals surface area contributed by atoms with E-state index in [1.165, 1.54) is 36.4 Å². The van der Waals surface area contributed by atoms with Crippen molar-refractivity contribution in [1.29, 1.82) is 0 Å². The van der Waals surface area contributed by atoms with Crippen LogP contribution in [0.1, 0.15) is 15.9 Å². The van der Waals surface area contributed by atoms with Gasteiger partial charge >= 0.3 is 0 Å². The van der Waals surface area contributed by atoms with E-state index in [2.05, 4.69) is 4.72 Å². The first-order chi connectivity index (χ1) is 13.0. The number of sulfonamides is 1. The highest BCUT2D eigenvalue weighted by atomic mass is 32.2. The molecule has 136 valence electrons. The molecule has 0 radical (unpaired) electrons. The second-order valence-corrected chi connectivity index (χ2v) is 7.44. The zero-order chi connectivity index (χ0) is 19.3. The molecule has 0 bridgehead atoms. The third kappa shape index (κ3) is 4.62. The molecule has 0 unspecified atom stereocenters. The highest BCUT2D eigenvalue weighted by Crippen LogP contribution is 2.19. The first-order valence-corrected chi connectivity index (χ1v) is 9.62. The Labute approximate surface area is 157 Å². The van der Waals surface area contributed by atoms with Crippen LogP contribution in [0.3, 0.4) is 0 Å². The third-order valence-corrected chi connectivity index (χ3v) is 5.18. The monoisotopic (exact) mass is 379 g/mol. The molecule has 0 aliphatic heterocycles. The molecule has 0 heterocycles. The van der Waals surface area contributed by atoms with E-state index in [1.807, 2.05) is 0 Å². The lowest BCUT2D eigenvalue weighted by Gasteiger charge is -2.08. The predicted octanol–water partition coefficient (Wildman–Crippen LogP) is 4.09. The van der Waals surface area contributed by atoms with Crippen LogP contribution >= 0.6 is 0 Å². The number of carbonyl (C=O) groups excluding carboxylic acids is 1. The van der Waals surface area contributed by atoms with E-state index in [1.54, 1.807) is 54.6 Å². The smallest absolute Gasteiger partial charge is 0.261 e. The number of benzene rings is 3. The number of hydrogen-bond acceptors (Lipinski definition) is 4. The summed E-state index contributed by atoms with van der Waals surface area (Å²) in [6.45, 7) is 0. The zero-order valence-electron chi connectivity index (χ0n) is 14.2. The maximum atomic E-state index is 12.5. The lowest BCUT2D eigenvalue weighted by atomic mass is 10.1. The quantitative estimate of drug-likeness (QED) is 0.499. The molecule has 0 aliphatic carbocycles. The molecule has 3 aromatic carbocycles. The Balaban J connectivity index is 1.82. The van der Waals surface area contributed by atoms with Gasteiger partial charge in [0.2, 0.25) is 0 Å². The normalized spacial score (nSPS) is 11.4. The Morgan fingerprint density at radius 1 is 0.889 bits per heavy atom. The van der Waals surface area contributed by atoms with E-state index >= 15 is 0 Å². The van der Waals surface area contributed by atoms with Crippen molar-refractivity contribution in [2.24, 2.45) is 0 Å². The van der Waals surface area contributed by atoms with Crippen molar-refractivity contribution in [2.45, 2.75) is 4.90 Å². The molecule has 3 aromatic rings.